The molecule has 0 saturated carbocycles. The molecule has 2 heteroatoms. The molecule has 0 unspecified atom stereocenters. The highest BCUT2D eigenvalue weighted by molar-refractivity contribution is 5.85. The van der Waals surface area contributed by atoms with E-state index in [2.05, 4.69) is 37.0 Å². The zero-order valence-corrected chi connectivity index (χ0v) is 9.43. The van der Waals surface area contributed by atoms with Crippen molar-refractivity contribution in [1.29, 1.82) is 0 Å². The van der Waals surface area contributed by atoms with Crippen LogP contribution in [-0.4, -0.2) is 4.98 Å². The van der Waals surface area contributed by atoms with Crippen LogP contribution in [0.4, 0.5) is 0 Å². The Morgan fingerprint density at radius 2 is 2.00 bits per heavy atom. The second kappa shape index (κ2) is 4.07. The second-order valence-corrected chi connectivity index (χ2v) is 3.87. The van der Waals surface area contributed by atoms with Crippen molar-refractivity contribution in [2.24, 2.45) is 5.73 Å². The molecular weight excluding hydrogens is 184 g/mol. The summed E-state index contributed by atoms with van der Waals surface area (Å²) in [4.78, 5) is 3.39. The molecule has 0 radical (unpaired) electrons. The summed E-state index contributed by atoms with van der Waals surface area (Å²) in [6.45, 7) is 4.96. The summed E-state index contributed by atoms with van der Waals surface area (Å²) in [6, 6.07) is 6.62. The molecule has 1 heterocycles. The minimum absolute atomic E-state index is 0.597. The molecule has 2 aromatic rings. The monoisotopic (exact) mass is 202 g/mol. The van der Waals surface area contributed by atoms with Gasteiger partial charge in [-0.05, 0) is 36.1 Å². The Kier molecular flexibility index (Phi) is 2.78. The highest BCUT2D eigenvalue weighted by Crippen LogP contribution is 2.24. The van der Waals surface area contributed by atoms with Crippen LogP contribution in [0.15, 0.2) is 18.2 Å². The molecule has 1 aromatic carbocycles. The van der Waals surface area contributed by atoms with Crippen molar-refractivity contribution < 1.29 is 0 Å². The van der Waals surface area contributed by atoms with E-state index in [9.17, 15) is 0 Å². The van der Waals surface area contributed by atoms with Crippen LogP contribution in [0.25, 0.3) is 10.9 Å². The summed E-state index contributed by atoms with van der Waals surface area (Å²) in [5, 5.41) is 1.34. The van der Waals surface area contributed by atoms with Gasteiger partial charge < -0.3 is 10.7 Å². The van der Waals surface area contributed by atoms with Gasteiger partial charge >= 0.3 is 0 Å². The van der Waals surface area contributed by atoms with E-state index in [4.69, 9.17) is 5.73 Å². The molecule has 0 saturated heterocycles. The zero-order valence-electron chi connectivity index (χ0n) is 9.43. The van der Waals surface area contributed by atoms with Crippen LogP contribution in [0, 0.1) is 0 Å². The fraction of sp³-hybridized carbons (Fsp3) is 0.385. The van der Waals surface area contributed by atoms with Crippen molar-refractivity contribution in [1.82, 2.24) is 4.98 Å². The number of rotatable bonds is 3. The molecule has 15 heavy (non-hydrogen) atoms. The summed E-state index contributed by atoms with van der Waals surface area (Å²) >= 11 is 0. The molecule has 2 nitrogen and oxygen atoms in total. The van der Waals surface area contributed by atoms with E-state index in [1.807, 2.05) is 0 Å². The fourth-order valence-corrected chi connectivity index (χ4v) is 2.15. The third-order valence-electron chi connectivity index (χ3n) is 3.02. The summed E-state index contributed by atoms with van der Waals surface area (Å²) < 4.78 is 0. The molecular formula is C13H18N2. The van der Waals surface area contributed by atoms with Gasteiger partial charge in [0.1, 0.15) is 0 Å². The Hall–Kier alpha value is -1.28. The van der Waals surface area contributed by atoms with E-state index in [1.165, 1.54) is 27.7 Å². The van der Waals surface area contributed by atoms with Crippen LogP contribution in [0.5, 0.6) is 0 Å². The first kappa shape index (κ1) is 10.2. The third kappa shape index (κ3) is 1.65. The Bertz CT molecular complexity index is 469. The van der Waals surface area contributed by atoms with E-state index in [0.29, 0.717) is 6.54 Å². The Morgan fingerprint density at radius 3 is 2.60 bits per heavy atom. The lowest BCUT2D eigenvalue weighted by atomic mass is 10.0. The minimum atomic E-state index is 0.597. The maximum Gasteiger partial charge on any atom is 0.0459 e. The number of aromatic nitrogens is 1. The second-order valence-electron chi connectivity index (χ2n) is 3.87. The SMILES string of the molecule is CCc1ccc2[nH]c(CN)c(CC)c2c1. The molecule has 0 spiro atoms. The van der Waals surface area contributed by atoms with Crippen molar-refractivity contribution in [3.05, 3.63) is 35.0 Å². The highest BCUT2D eigenvalue weighted by Gasteiger charge is 2.08. The van der Waals surface area contributed by atoms with Gasteiger partial charge in [0, 0.05) is 23.1 Å². The van der Waals surface area contributed by atoms with Gasteiger partial charge in [-0.1, -0.05) is 19.9 Å². The number of H-pyrrole nitrogens is 1. The van der Waals surface area contributed by atoms with Crippen molar-refractivity contribution in [3.63, 3.8) is 0 Å². The molecule has 0 fully saturated rings. The van der Waals surface area contributed by atoms with Gasteiger partial charge in [0.15, 0.2) is 0 Å². The molecule has 0 aliphatic rings. The largest absolute Gasteiger partial charge is 0.357 e. The van der Waals surface area contributed by atoms with Crippen LogP contribution in [0.2, 0.25) is 0 Å². The first-order valence-electron chi connectivity index (χ1n) is 5.62. The van der Waals surface area contributed by atoms with Gasteiger partial charge in [-0.25, -0.2) is 0 Å². The number of hydrogen-bond donors (Lipinski definition) is 2. The van der Waals surface area contributed by atoms with Gasteiger partial charge in [-0.15, -0.1) is 0 Å². The predicted octanol–water partition coefficient (Wildman–Crippen LogP) is 2.75. The summed E-state index contributed by atoms with van der Waals surface area (Å²) in [7, 11) is 0. The quantitative estimate of drug-likeness (QED) is 0.789. The fourth-order valence-electron chi connectivity index (χ4n) is 2.15. The first-order valence-corrected chi connectivity index (χ1v) is 5.62. The lowest BCUT2D eigenvalue weighted by molar-refractivity contribution is 0.973. The molecule has 2 rings (SSSR count). The van der Waals surface area contributed by atoms with E-state index < -0.39 is 0 Å². The van der Waals surface area contributed by atoms with Crippen molar-refractivity contribution in [2.45, 2.75) is 33.2 Å². The Balaban J connectivity index is 2.67. The van der Waals surface area contributed by atoms with Crippen molar-refractivity contribution in [3.8, 4) is 0 Å². The van der Waals surface area contributed by atoms with Crippen molar-refractivity contribution in [2.75, 3.05) is 0 Å². The van der Waals surface area contributed by atoms with Gasteiger partial charge in [-0.3, -0.25) is 0 Å². The summed E-state index contributed by atoms with van der Waals surface area (Å²) in [5.41, 5.74) is 10.9. The molecule has 3 N–H and O–H groups in total. The number of nitrogens with two attached hydrogens (primary N) is 1. The van der Waals surface area contributed by atoms with Gasteiger partial charge in [0.05, 0.1) is 0 Å². The Labute approximate surface area is 90.5 Å². The molecule has 0 aliphatic heterocycles. The number of benzene rings is 1. The number of aromatic amines is 1. The molecule has 0 amide bonds. The van der Waals surface area contributed by atoms with E-state index in [-0.39, 0.29) is 0 Å². The number of hydrogen-bond acceptors (Lipinski definition) is 1. The third-order valence-corrected chi connectivity index (χ3v) is 3.02. The zero-order chi connectivity index (χ0) is 10.8. The number of fused-ring (bicyclic) bond motifs is 1. The molecule has 0 aliphatic carbocycles. The molecule has 1 aromatic heterocycles. The van der Waals surface area contributed by atoms with Crippen LogP contribution in [0.3, 0.4) is 0 Å². The normalized spacial score (nSPS) is 11.1. The van der Waals surface area contributed by atoms with Crippen LogP contribution < -0.4 is 5.73 Å². The number of aryl methyl sites for hydroxylation is 2. The predicted molar refractivity (Wildman–Crippen MR) is 64.9 cm³/mol. The van der Waals surface area contributed by atoms with Crippen LogP contribution >= 0.6 is 0 Å². The highest BCUT2D eigenvalue weighted by atomic mass is 14.8. The lowest BCUT2D eigenvalue weighted by Crippen LogP contribution is -1.99. The number of nitrogens with one attached hydrogen (secondary N) is 1. The first-order chi connectivity index (χ1) is 7.30. The molecule has 80 valence electrons. The van der Waals surface area contributed by atoms with Crippen molar-refractivity contribution >= 4 is 10.9 Å². The summed E-state index contributed by atoms with van der Waals surface area (Å²) in [6.07, 6.45) is 2.13. The van der Waals surface area contributed by atoms with Crippen LogP contribution in [-0.2, 0) is 19.4 Å². The van der Waals surface area contributed by atoms with E-state index >= 15 is 0 Å². The maximum atomic E-state index is 5.73. The smallest absolute Gasteiger partial charge is 0.0459 e. The van der Waals surface area contributed by atoms with Crippen LogP contribution in [0.1, 0.15) is 30.7 Å². The average Bonchev–Trinajstić information content (AvgIpc) is 2.65. The van der Waals surface area contributed by atoms with Gasteiger partial charge in [0.2, 0.25) is 0 Å². The van der Waals surface area contributed by atoms with Gasteiger partial charge in [0.25, 0.3) is 0 Å². The molecule has 0 atom stereocenters. The van der Waals surface area contributed by atoms with E-state index in [0.717, 1.165) is 12.8 Å². The minimum Gasteiger partial charge on any atom is -0.357 e. The average molecular weight is 202 g/mol. The van der Waals surface area contributed by atoms with Gasteiger partial charge in [-0.2, -0.15) is 0 Å². The van der Waals surface area contributed by atoms with E-state index in [1.54, 1.807) is 0 Å². The summed E-state index contributed by atoms with van der Waals surface area (Å²) in [5.74, 6) is 0. The lowest BCUT2D eigenvalue weighted by Gasteiger charge is -1.99. The maximum absolute atomic E-state index is 5.73. The Morgan fingerprint density at radius 1 is 1.20 bits per heavy atom. The topological polar surface area (TPSA) is 41.8 Å². The standard InChI is InChI=1S/C13H18N2/c1-3-9-5-6-12-11(7-9)10(4-2)13(8-14)15-12/h5-7,15H,3-4,8,14H2,1-2H3. The molecule has 0 bridgehead atoms.